The van der Waals surface area contributed by atoms with Gasteiger partial charge in [-0.25, -0.2) is 4.39 Å². The van der Waals surface area contributed by atoms with Crippen LogP contribution in [0.2, 0.25) is 0 Å². The van der Waals surface area contributed by atoms with Gasteiger partial charge in [0.2, 0.25) is 0 Å². The molecule has 2 nitrogen and oxygen atoms in total. The van der Waals surface area contributed by atoms with E-state index < -0.39 is 0 Å². The zero-order chi connectivity index (χ0) is 13.1. The van der Waals surface area contributed by atoms with Gasteiger partial charge in [0.25, 0.3) is 0 Å². The molecule has 18 heavy (non-hydrogen) atoms. The van der Waals surface area contributed by atoms with E-state index in [-0.39, 0.29) is 11.9 Å². The topological polar surface area (TPSA) is 29.3 Å². The van der Waals surface area contributed by atoms with Gasteiger partial charge in [-0.2, -0.15) is 0 Å². The summed E-state index contributed by atoms with van der Waals surface area (Å²) in [5, 5.41) is 0. The zero-order valence-electron chi connectivity index (χ0n) is 11.3. The van der Waals surface area contributed by atoms with Crippen LogP contribution in [0.15, 0.2) is 24.3 Å². The number of hydrogen-bond donors (Lipinski definition) is 1. The van der Waals surface area contributed by atoms with Crippen molar-refractivity contribution in [1.82, 2.24) is 4.90 Å². The Kier molecular flexibility index (Phi) is 4.36. The highest BCUT2D eigenvalue weighted by Crippen LogP contribution is 2.25. The molecule has 2 atom stereocenters. The summed E-state index contributed by atoms with van der Waals surface area (Å²) in [4.78, 5) is 2.36. The first kappa shape index (κ1) is 13.5. The normalized spacial score (nSPS) is 22.6. The molecule has 1 fully saturated rings. The molecule has 2 rings (SSSR count). The lowest BCUT2D eigenvalue weighted by Gasteiger charge is -2.22. The number of likely N-dealkylation sites (tertiary alicyclic amines) is 1. The smallest absolute Gasteiger partial charge is 0.128 e. The van der Waals surface area contributed by atoms with E-state index in [1.54, 1.807) is 12.1 Å². The molecule has 1 aliphatic heterocycles. The summed E-state index contributed by atoms with van der Waals surface area (Å²) in [5.74, 6) is 1.29. The third-order valence-electron chi connectivity index (χ3n) is 4.01. The van der Waals surface area contributed by atoms with Gasteiger partial charge in [0, 0.05) is 24.7 Å². The Morgan fingerprint density at radius 1 is 1.39 bits per heavy atom. The molecule has 2 unspecified atom stereocenters. The van der Waals surface area contributed by atoms with Gasteiger partial charge in [-0.3, -0.25) is 0 Å². The first-order valence-electron chi connectivity index (χ1n) is 6.80. The van der Waals surface area contributed by atoms with Gasteiger partial charge in [-0.05, 0) is 30.9 Å². The summed E-state index contributed by atoms with van der Waals surface area (Å²) in [5.41, 5.74) is 6.75. The van der Waals surface area contributed by atoms with Crippen molar-refractivity contribution in [2.45, 2.75) is 26.3 Å². The van der Waals surface area contributed by atoms with E-state index in [4.69, 9.17) is 5.73 Å². The number of rotatable bonds is 4. The highest BCUT2D eigenvalue weighted by Gasteiger charge is 2.26. The number of benzene rings is 1. The van der Waals surface area contributed by atoms with E-state index in [1.165, 1.54) is 12.5 Å². The maximum atomic E-state index is 13.6. The summed E-state index contributed by atoms with van der Waals surface area (Å²) < 4.78 is 13.6. The van der Waals surface area contributed by atoms with E-state index in [2.05, 4.69) is 18.7 Å². The van der Waals surface area contributed by atoms with Gasteiger partial charge in [-0.15, -0.1) is 0 Å². The SMILES string of the molecule is CC(C)C1CCN(CC(N)c2ccccc2F)C1. The highest BCUT2D eigenvalue weighted by molar-refractivity contribution is 5.21. The molecule has 1 aliphatic rings. The summed E-state index contributed by atoms with van der Waals surface area (Å²) in [6.07, 6.45) is 1.24. The monoisotopic (exact) mass is 250 g/mol. The van der Waals surface area contributed by atoms with Gasteiger partial charge in [-0.1, -0.05) is 32.0 Å². The summed E-state index contributed by atoms with van der Waals surface area (Å²) >= 11 is 0. The molecule has 1 aromatic carbocycles. The zero-order valence-corrected chi connectivity index (χ0v) is 11.3. The molecule has 100 valence electrons. The molecule has 1 saturated heterocycles. The molecule has 2 N–H and O–H groups in total. The van der Waals surface area contributed by atoms with Crippen LogP contribution in [0.5, 0.6) is 0 Å². The maximum Gasteiger partial charge on any atom is 0.128 e. The van der Waals surface area contributed by atoms with E-state index >= 15 is 0 Å². The molecular weight excluding hydrogens is 227 g/mol. The van der Waals surface area contributed by atoms with Crippen LogP contribution in [0, 0.1) is 17.7 Å². The van der Waals surface area contributed by atoms with Crippen LogP contribution in [0.25, 0.3) is 0 Å². The first-order valence-corrected chi connectivity index (χ1v) is 6.80. The maximum absolute atomic E-state index is 13.6. The number of halogens is 1. The molecule has 0 aromatic heterocycles. The second kappa shape index (κ2) is 5.81. The predicted molar refractivity (Wildman–Crippen MR) is 72.7 cm³/mol. The fourth-order valence-corrected chi connectivity index (χ4v) is 2.72. The minimum Gasteiger partial charge on any atom is -0.323 e. The highest BCUT2D eigenvalue weighted by atomic mass is 19.1. The largest absolute Gasteiger partial charge is 0.323 e. The molecule has 0 saturated carbocycles. The minimum absolute atomic E-state index is 0.190. The average molecular weight is 250 g/mol. The second-order valence-electron chi connectivity index (χ2n) is 5.68. The molecule has 0 radical (unpaired) electrons. The fourth-order valence-electron chi connectivity index (χ4n) is 2.72. The van der Waals surface area contributed by atoms with Crippen molar-refractivity contribution < 1.29 is 4.39 Å². The Morgan fingerprint density at radius 2 is 2.11 bits per heavy atom. The van der Waals surface area contributed by atoms with Crippen molar-refractivity contribution in [3.63, 3.8) is 0 Å². The fraction of sp³-hybridized carbons (Fsp3) is 0.600. The number of nitrogens with zero attached hydrogens (tertiary/aromatic N) is 1. The van der Waals surface area contributed by atoms with Gasteiger partial charge < -0.3 is 10.6 Å². The standard InChI is InChI=1S/C15H23FN2/c1-11(2)12-7-8-18(9-12)10-15(17)13-5-3-4-6-14(13)16/h3-6,11-12,15H,7-10,17H2,1-2H3. The van der Waals surface area contributed by atoms with Crippen molar-refractivity contribution in [3.8, 4) is 0 Å². The van der Waals surface area contributed by atoms with Gasteiger partial charge in [0.15, 0.2) is 0 Å². The van der Waals surface area contributed by atoms with Crippen LogP contribution >= 0.6 is 0 Å². The summed E-state index contributed by atoms with van der Waals surface area (Å²) in [6.45, 7) is 7.48. The van der Waals surface area contributed by atoms with Crippen molar-refractivity contribution in [3.05, 3.63) is 35.6 Å². The van der Waals surface area contributed by atoms with E-state index in [1.807, 2.05) is 6.07 Å². The van der Waals surface area contributed by atoms with Crippen LogP contribution in [-0.2, 0) is 0 Å². The van der Waals surface area contributed by atoms with Crippen molar-refractivity contribution in [1.29, 1.82) is 0 Å². The first-order chi connectivity index (χ1) is 8.58. The predicted octanol–water partition coefficient (Wildman–Crippen LogP) is 2.80. The molecule has 0 bridgehead atoms. The number of hydrogen-bond acceptors (Lipinski definition) is 2. The minimum atomic E-state index is -0.225. The van der Waals surface area contributed by atoms with E-state index in [0.29, 0.717) is 5.56 Å². The Bertz CT molecular complexity index is 392. The lowest BCUT2D eigenvalue weighted by molar-refractivity contribution is 0.285. The van der Waals surface area contributed by atoms with Crippen LogP contribution < -0.4 is 5.73 Å². The third kappa shape index (κ3) is 3.09. The van der Waals surface area contributed by atoms with Crippen LogP contribution in [0.1, 0.15) is 31.9 Å². The molecule has 0 spiro atoms. The average Bonchev–Trinajstić information content (AvgIpc) is 2.78. The van der Waals surface area contributed by atoms with Gasteiger partial charge >= 0.3 is 0 Å². The molecule has 1 aromatic rings. The Balaban J connectivity index is 1.93. The van der Waals surface area contributed by atoms with Crippen molar-refractivity contribution in [2.75, 3.05) is 19.6 Å². The molecule has 0 amide bonds. The molecule has 1 heterocycles. The van der Waals surface area contributed by atoms with E-state index in [9.17, 15) is 4.39 Å². The third-order valence-corrected chi connectivity index (χ3v) is 4.01. The van der Waals surface area contributed by atoms with Crippen LogP contribution in [-0.4, -0.2) is 24.5 Å². The van der Waals surface area contributed by atoms with Gasteiger partial charge in [0.05, 0.1) is 0 Å². The summed E-state index contributed by atoms with van der Waals surface area (Å²) in [7, 11) is 0. The Morgan fingerprint density at radius 3 is 2.72 bits per heavy atom. The molecule has 0 aliphatic carbocycles. The Hall–Kier alpha value is -0.930. The van der Waals surface area contributed by atoms with E-state index in [0.717, 1.165) is 31.5 Å². The Labute approximate surface area is 109 Å². The number of nitrogens with two attached hydrogens (primary N) is 1. The van der Waals surface area contributed by atoms with Crippen molar-refractivity contribution >= 4 is 0 Å². The lowest BCUT2D eigenvalue weighted by Crippen LogP contribution is -2.31. The second-order valence-corrected chi connectivity index (χ2v) is 5.68. The quantitative estimate of drug-likeness (QED) is 0.890. The lowest BCUT2D eigenvalue weighted by atomic mass is 9.95. The molecular formula is C15H23FN2. The van der Waals surface area contributed by atoms with Gasteiger partial charge in [0.1, 0.15) is 5.82 Å². The van der Waals surface area contributed by atoms with Crippen LogP contribution in [0.3, 0.4) is 0 Å². The van der Waals surface area contributed by atoms with Crippen LogP contribution in [0.4, 0.5) is 4.39 Å². The van der Waals surface area contributed by atoms with Crippen molar-refractivity contribution in [2.24, 2.45) is 17.6 Å². The summed E-state index contributed by atoms with van der Waals surface area (Å²) in [6, 6.07) is 6.60. The molecule has 3 heteroatoms.